The smallest absolute Gasteiger partial charge is 0.259 e. The van der Waals surface area contributed by atoms with Crippen LogP contribution in [0.15, 0.2) is 96.1 Å². The van der Waals surface area contributed by atoms with Gasteiger partial charge in [0.2, 0.25) is 0 Å². The molecule has 0 radical (unpaired) electrons. The first kappa shape index (κ1) is 19.1. The number of para-hydroxylation sites is 1. The Balaban J connectivity index is 1.69. The van der Waals surface area contributed by atoms with Crippen molar-refractivity contribution in [1.29, 1.82) is 0 Å². The molecule has 4 heteroatoms. The lowest BCUT2D eigenvalue weighted by Crippen LogP contribution is -2.27. The van der Waals surface area contributed by atoms with E-state index in [1.165, 1.54) is 0 Å². The van der Waals surface area contributed by atoms with Crippen LogP contribution in [0.1, 0.15) is 16.7 Å². The van der Waals surface area contributed by atoms with Crippen molar-refractivity contribution in [3.05, 3.63) is 108 Å². The quantitative estimate of drug-likeness (QED) is 0.471. The second-order valence-corrected chi connectivity index (χ2v) is 6.31. The SMILES string of the molecule is Cc1ccccc1NCC(=O)NN=C(C=Cc1ccccc1)c1ccccc1. The van der Waals surface area contributed by atoms with E-state index in [9.17, 15) is 4.79 Å². The van der Waals surface area contributed by atoms with Gasteiger partial charge in [0.1, 0.15) is 0 Å². The molecule has 3 rings (SSSR count). The number of nitrogens with zero attached hydrogens (tertiary/aromatic N) is 1. The summed E-state index contributed by atoms with van der Waals surface area (Å²) in [6, 6.07) is 27.6. The fourth-order valence-corrected chi connectivity index (χ4v) is 2.66. The van der Waals surface area contributed by atoms with Crippen LogP contribution in [-0.4, -0.2) is 18.2 Å². The van der Waals surface area contributed by atoms with E-state index in [0.717, 1.165) is 22.4 Å². The maximum absolute atomic E-state index is 12.2. The predicted octanol–water partition coefficient (Wildman–Crippen LogP) is 4.64. The van der Waals surface area contributed by atoms with Crippen LogP contribution in [-0.2, 0) is 4.79 Å². The van der Waals surface area contributed by atoms with Crippen molar-refractivity contribution in [3.8, 4) is 0 Å². The average Bonchev–Trinajstić information content (AvgIpc) is 2.74. The van der Waals surface area contributed by atoms with E-state index in [1.807, 2.05) is 104 Å². The summed E-state index contributed by atoms with van der Waals surface area (Å²) in [5.74, 6) is -0.204. The molecule has 0 saturated carbocycles. The molecule has 0 aliphatic rings. The van der Waals surface area contributed by atoms with Gasteiger partial charge in [-0.2, -0.15) is 5.10 Å². The highest BCUT2D eigenvalue weighted by molar-refractivity contribution is 6.11. The first-order valence-electron chi connectivity index (χ1n) is 9.17. The van der Waals surface area contributed by atoms with Crippen LogP contribution >= 0.6 is 0 Å². The Kier molecular flexibility index (Phi) is 6.74. The van der Waals surface area contributed by atoms with Crippen molar-refractivity contribution in [3.63, 3.8) is 0 Å². The van der Waals surface area contributed by atoms with Gasteiger partial charge in [0.25, 0.3) is 5.91 Å². The van der Waals surface area contributed by atoms with Gasteiger partial charge in [-0.15, -0.1) is 0 Å². The number of allylic oxidation sites excluding steroid dienone is 1. The molecule has 2 N–H and O–H groups in total. The van der Waals surface area contributed by atoms with E-state index in [4.69, 9.17) is 0 Å². The van der Waals surface area contributed by atoms with E-state index in [2.05, 4.69) is 15.8 Å². The summed E-state index contributed by atoms with van der Waals surface area (Å²) in [6.45, 7) is 2.15. The number of carbonyl (C=O) groups excluding carboxylic acids is 1. The highest BCUT2D eigenvalue weighted by atomic mass is 16.2. The Morgan fingerprint density at radius 2 is 1.54 bits per heavy atom. The summed E-state index contributed by atoms with van der Waals surface area (Å²) >= 11 is 0. The molecule has 0 fully saturated rings. The fourth-order valence-electron chi connectivity index (χ4n) is 2.66. The van der Waals surface area contributed by atoms with Crippen LogP contribution in [0.25, 0.3) is 6.08 Å². The Morgan fingerprint density at radius 1 is 0.893 bits per heavy atom. The van der Waals surface area contributed by atoms with Crippen LogP contribution in [0.4, 0.5) is 5.69 Å². The van der Waals surface area contributed by atoms with Crippen molar-refractivity contribution in [2.24, 2.45) is 5.10 Å². The zero-order valence-corrected chi connectivity index (χ0v) is 15.8. The summed E-state index contributed by atoms with van der Waals surface area (Å²) in [5, 5.41) is 7.47. The molecule has 0 atom stereocenters. The molecule has 0 heterocycles. The van der Waals surface area contributed by atoms with Gasteiger partial charge in [0.05, 0.1) is 12.3 Å². The van der Waals surface area contributed by atoms with Crippen LogP contribution in [0, 0.1) is 6.92 Å². The van der Waals surface area contributed by atoms with E-state index in [-0.39, 0.29) is 12.5 Å². The number of rotatable bonds is 7. The maximum Gasteiger partial charge on any atom is 0.259 e. The van der Waals surface area contributed by atoms with Crippen LogP contribution < -0.4 is 10.7 Å². The normalized spacial score (nSPS) is 11.4. The predicted molar refractivity (Wildman–Crippen MR) is 116 cm³/mol. The zero-order chi connectivity index (χ0) is 19.6. The first-order valence-corrected chi connectivity index (χ1v) is 9.17. The highest BCUT2D eigenvalue weighted by Gasteiger charge is 2.04. The molecule has 0 spiro atoms. The van der Waals surface area contributed by atoms with Crippen molar-refractivity contribution in [2.75, 3.05) is 11.9 Å². The van der Waals surface area contributed by atoms with Gasteiger partial charge in [-0.3, -0.25) is 4.79 Å². The van der Waals surface area contributed by atoms with Gasteiger partial charge < -0.3 is 5.32 Å². The van der Waals surface area contributed by atoms with Crippen molar-refractivity contribution >= 4 is 23.4 Å². The second-order valence-electron chi connectivity index (χ2n) is 6.31. The van der Waals surface area contributed by atoms with E-state index < -0.39 is 0 Å². The number of hydrogen-bond donors (Lipinski definition) is 2. The van der Waals surface area contributed by atoms with Gasteiger partial charge in [-0.1, -0.05) is 84.9 Å². The molecule has 0 aliphatic carbocycles. The Morgan fingerprint density at radius 3 is 2.25 bits per heavy atom. The molecule has 0 aromatic heterocycles. The third-order valence-corrected chi connectivity index (χ3v) is 4.19. The molecule has 4 nitrogen and oxygen atoms in total. The standard InChI is InChI=1S/C24H23N3O/c1-19-10-8-9-15-22(19)25-18-24(28)27-26-23(21-13-6-3-7-14-21)17-16-20-11-4-2-5-12-20/h2-17,25H,18H2,1H3,(H,27,28). The second kappa shape index (κ2) is 9.88. The van der Waals surface area contributed by atoms with E-state index >= 15 is 0 Å². The molecular formula is C24H23N3O. The summed E-state index contributed by atoms with van der Waals surface area (Å²) in [6.07, 6.45) is 3.88. The Labute approximate surface area is 165 Å². The van der Waals surface area contributed by atoms with Gasteiger partial charge in [0.15, 0.2) is 0 Å². The number of anilines is 1. The lowest BCUT2D eigenvalue weighted by Gasteiger charge is -2.08. The van der Waals surface area contributed by atoms with Gasteiger partial charge >= 0.3 is 0 Å². The number of amides is 1. The summed E-state index contributed by atoms with van der Waals surface area (Å²) < 4.78 is 0. The zero-order valence-electron chi connectivity index (χ0n) is 15.8. The average molecular weight is 369 g/mol. The topological polar surface area (TPSA) is 53.5 Å². The van der Waals surface area contributed by atoms with Crippen molar-refractivity contribution in [1.82, 2.24) is 5.43 Å². The van der Waals surface area contributed by atoms with Crippen LogP contribution in [0.5, 0.6) is 0 Å². The molecule has 1 amide bonds. The number of nitrogens with one attached hydrogen (secondary N) is 2. The van der Waals surface area contributed by atoms with Crippen LogP contribution in [0.2, 0.25) is 0 Å². The largest absolute Gasteiger partial charge is 0.376 e. The third kappa shape index (κ3) is 5.68. The molecule has 28 heavy (non-hydrogen) atoms. The summed E-state index contributed by atoms with van der Waals surface area (Å²) in [5.41, 5.74) is 7.36. The molecular weight excluding hydrogens is 346 g/mol. The molecule has 0 bridgehead atoms. The monoisotopic (exact) mass is 369 g/mol. The first-order chi connectivity index (χ1) is 13.7. The molecule has 0 aliphatic heterocycles. The summed E-state index contributed by atoms with van der Waals surface area (Å²) in [7, 11) is 0. The number of aryl methyl sites for hydroxylation is 1. The van der Waals surface area contributed by atoms with Crippen molar-refractivity contribution in [2.45, 2.75) is 6.92 Å². The number of hydrogen-bond acceptors (Lipinski definition) is 3. The van der Waals surface area contributed by atoms with Gasteiger partial charge in [-0.25, -0.2) is 5.43 Å². The maximum atomic E-state index is 12.2. The third-order valence-electron chi connectivity index (χ3n) is 4.19. The van der Waals surface area contributed by atoms with Crippen molar-refractivity contribution < 1.29 is 4.79 Å². The molecule has 140 valence electrons. The molecule has 0 saturated heterocycles. The minimum absolute atomic E-state index is 0.152. The number of hydrazone groups is 1. The van der Waals surface area contributed by atoms with Gasteiger partial charge in [0, 0.05) is 11.3 Å². The summed E-state index contributed by atoms with van der Waals surface area (Å²) in [4.78, 5) is 12.2. The minimum Gasteiger partial charge on any atom is -0.376 e. The lowest BCUT2D eigenvalue weighted by atomic mass is 10.1. The fraction of sp³-hybridized carbons (Fsp3) is 0.0833. The lowest BCUT2D eigenvalue weighted by molar-refractivity contribution is -0.119. The Hall–Kier alpha value is -3.66. The Bertz CT molecular complexity index is 963. The number of carbonyl (C=O) groups is 1. The molecule has 3 aromatic rings. The van der Waals surface area contributed by atoms with Crippen LogP contribution in [0.3, 0.4) is 0 Å². The van der Waals surface area contributed by atoms with E-state index in [0.29, 0.717) is 5.71 Å². The highest BCUT2D eigenvalue weighted by Crippen LogP contribution is 2.12. The van der Waals surface area contributed by atoms with E-state index in [1.54, 1.807) is 0 Å². The minimum atomic E-state index is -0.204. The molecule has 3 aromatic carbocycles. The van der Waals surface area contributed by atoms with Gasteiger partial charge in [-0.05, 0) is 30.2 Å². The number of benzene rings is 3. The molecule has 0 unspecified atom stereocenters.